The Bertz CT molecular complexity index is 762. The number of nitrogens with zero attached hydrogens (tertiary/aromatic N) is 2. The van der Waals surface area contributed by atoms with Crippen LogP contribution in [0.3, 0.4) is 0 Å². The van der Waals surface area contributed by atoms with Crippen LogP contribution in [0.25, 0.3) is 11.1 Å². The molecule has 0 unspecified atom stereocenters. The maximum absolute atomic E-state index is 4.23. The predicted octanol–water partition coefficient (Wildman–Crippen LogP) is 4.35. The van der Waals surface area contributed by atoms with Gasteiger partial charge in [-0.25, -0.2) is 0 Å². The molecule has 0 radical (unpaired) electrons. The van der Waals surface area contributed by atoms with Gasteiger partial charge in [0.1, 0.15) is 0 Å². The summed E-state index contributed by atoms with van der Waals surface area (Å²) in [5.41, 5.74) is 5.41. The molecule has 23 heavy (non-hydrogen) atoms. The number of hydrogen-bond acceptors (Lipinski definition) is 2. The zero-order valence-electron chi connectivity index (χ0n) is 13.1. The zero-order valence-corrected chi connectivity index (χ0v) is 13.1. The van der Waals surface area contributed by atoms with Gasteiger partial charge in [-0.05, 0) is 28.3 Å². The molecule has 0 saturated carbocycles. The molecule has 1 aliphatic rings. The number of hydrogen-bond donors (Lipinski definition) is 0. The molecular formula is C21H20N2. The summed E-state index contributed by atoms with van der Waals surface area (Å²) >= 11 is 0. The Kier molecular flexibility index (Phi) is 3.91. The summed E-state index contributed by atoms with van der Waals surface area (Å²) in [6.45, 7) is 3.26. The molecule has 2 nitrogen and oxygen atoms in total. The van der Waals surface area contributed by atoms with Crippen LogP contribution in [0.15, 0.2) is 79.1 Å². The molecule has 0 bridgehead atoms. The predicted molar refractivity (Wildman–Crippen MR) is 94.1 cm³/mol. The molecule has 1 saturated heterocycles. The highest BCUT2D eigenvalue weighted by Crippen LogP contribution is 2.30. The van der Waals surface area contributed by atoms with Gasteiger partial charge in [0.15, 0.2) is 0 Å². The minimum absolute atomic E-state index is 0.632. The second kappa shape index (κ2) is 6.35. The third kappa shape index (κ3) is 3.03. The van der Waals surface area contributed by atoms with E-state index in [9.17, 15) is 0 Å². The minimum Gasteiger partial charge on any atom is -0.298 e. The summed E-state index contributed by atoms with van der Waals surface area (Å²) in [7, 11) is 0. The summed E-state index contributed by atoms with van der Waals surface area (Å²) in [6.07, 6.45) is 3.84. The standard InChI is InChI=1S/C21H20N2/c1-2-7-17(8-3-1)21-11-5-4-9-19(21)14-23-15-20(16-23)18-10-6-12-22-13-18/h1-13,20H,14-16H2. The van der Waals surface area contributed by atoms with E-state index in [2.05, 4.69) is 70.5 Å². The smallest absolute Gasteiger partial charge is 0.0303 e. The van der Waals surface area contributed by atoms with Crippen LogP contribution in [0, 0.1) is 0 Å². The lowest BCUT2D eigenvalue weighted by molar-refractivity contribution is 0.139. The number of aromatic nitrogens is 1. The lowest BCUT2D eigenvalue weighted by atomic mass is 9.91. The van der Waals surface area contributed by atoms with E-state index in [0.717, 1.165) is 19.6 Å². The fourth-order valence-electron chi connectivity index (χ4n) is 3.33. The van der Waals surface area contributed by atoms with Crippen molar-refractivity contribution in [2.75, 3.05) is 13.1 Å². The molecule has 4 rings (SSSR count). The Balaban J connectivity index is 1.47. The summed E-state index contributed by atoms with van der Waals surface area (Å²) in [5, 5.41) is 0. The Labute approximate surface area is 137 Å². The molecule has 0 N–H and O–H groups in total. The second-order valence-electron chi connectivity index (χ2n) is 6.20. The van der Waals surface area contributed by atoms with Gasteiger partial charge in [-0.3, -0.25) is 9.88 Å². The van der Waals surface area contributed by atoms with E-state index in [1.807, 2.05) is 18.5 Å². The largest absolute Gasteiger partial charge is 0.298 e. The van der Waals surface area contributed by atoms with Crippen LogP contribution in [0.1, 0.15) is 17.0 Å². The number of rotatable bonds is 4. The first-order valence-electron chi connectivity index (χ1n) is 8.16. The van der Waals surface area contributed by atoms with Gasteiger partial charge in [-0.15, -0.1) is 0 Å². The molecule has 1 fully saturated rings. The molecule has 1 aromatic heterocycles. The highest BCUT2D eigenvalue weighted by molar-refractivity contribution is 5.67. The average Bonchev–Trinajstić information content (AvgIpc) is 2.60. The monoisotopic (exact) mass is 300 g/mol. The molecule has 0 spiro atoms. The van der Waals surface area contributed by atoms with Crippen LogP contribution in [0.2, 0.25) is 0 Å². The van der Waals surface area contributed by atoms with Crippen molar-refractivity contribution in [1.82, 2.24) is 9.88 Å². The first-order valence-corrected chi connectivity index (χ1v) is 8.16. The SMILES string of the molecule is c1ccc(-c2ccccc2CN2CC(c3cccnc3)C2)cc1. The van der Waals surface area contributed by atoms with Crippen LogP contribution in [-0.2, 0) is 6.54 Å². The van der Waals surface area contributed by atoms with Crippen molar-refractivity contribution in [3.8, 4) is 11.1 Å². The van der Waals surface area contributed by atoms with Gasteiger partial charge in [0, 0.05) is 37.9 Å². The van der Waals surface area contributed by atoms with E-state index in [0.29, 0.717) is 5.92 Å². The normalized spacial score (nSPS) is 15.3. The van der Waals surface area contributed by atoms with Gasteiger partial charge in [-0.1, -0.05) is 60.7 Å². The molecule has 1 aliphatic heterocycles. The first kappa shape index (κ1) is 14.2. The quantitative estimate of drug-likeness (QED) is 0.712. The lowest BCUT2D eigenvalue weighted by Crippen LogP contribution is -2.44. The van der Waals surface area contributed by atoms with Gasteiger partial charge in [-0.2, -0.15) is 0 Å². The fraction of sp³-hybridized carbons (Fsp3) is 0.190. The van der Waals surface area contributed by atoms with Crippen molar-refractivity contribution in [3.05, 3.63) is 90.3 Å². The van der Waals surface area contributed by atoms with Gasteiger partial charge in [0.25, 0.3) is 0 Å². The Morgan fingerprint density at radius 2 is 1.65 bits per heavy atom. The van der Waals surface area contributed by atoms with Crippen LogP contribution in [0.4, 0.5) is 0 Å². The molecule has 3 aromatic rings. The summed E-state index contributed by atoms with van der Waals surface area (Å²) in [4.78, 5) is 6.75. The van der Waals surface area contributed by atoms with Gasteiger partial charge in [0.05, 0.1) is 0 Å². The van der Waals surface area contributed by atoms with Crippen molar-refractivity contribution in [2.45, 2.75) is 12.5 Å². The summed E-state index contributed by atoms with van der Waals surface area (Å²) in [5.74, 6) is 0.632. The maximum Gasteiger partial charge on any atom is 0.0303 e. The van der Waals surface area contributed by atoms with Crippen molar-refractivity contribution >= 4 is 0 Å². The van der Waals surface area contributed by atoms with E-state index in [-0.39, 0.29) is 0 Å². The van der Waals surface area contributed by atoms with E-state index in [4.69, 9.17) is 0 Å². The first-order chi connectivity index (χ1) is 11.4. The van der Waals surface area contributed by atoms with E-state index in [1.54, 1.807) is 0 Å². The number of pyridine rings is 1. The van der Waals surface area contributed by atoms with Gasteiger partial charge >= 0.3 is 0 Å². The molecular weight excluding hydrogens is 280 g/mol. The van der Waals surface area contributed by atoms with Crippen LogP contribution >= 0.6 is 0 Å². The van der Waals surface area contributed by atoms with E-state index < -0.39 is 0 Å². The van der Waals surface area contributed by atoms with Crippen LogP contribution in [-0.4, -0.2) is 23.0 Å². The number of likely N-dealkylation sites (tertiary alicyclic amines) is 1. The van der Waals surface area contributed by atoms with Crippen molar-refractivity contribution < 1.29 is 0 Å². The molecule has 2 aromatic carbocycles. The topological polar surface area (TPSA) is 16.1 Å². The minimum atomic E-state index is 0.632. The zero-order chi connectivity index (χ0) is 15.5. The third-order valence-corrected chi connectivity index (χ3v) is 4.61. The van der Waals surface area contributed by atoms with E-state index in [1.165, 1.54) is 22.3 Å². The highest BCUT2D eigenvalue weighted by Gasteiger charge is 2.28. The Hall–Kier alpha value is -2.45. The summed E-state index contributed by atoms with van der Waals surface area (Å²) in [6, 6.07) is 23.6. The maximum atomic E-state index is 4.23. The van der Waals surface area contributed by atoms with Crippen molar-refractivity contribution in [3.63, 3.8) is 0 Å². The number of benzene rings is 2. The summed E-state index contributed by atoms with van der Waals surface area (Å²) < 4.78 is 0. The van der Waals surface area contributed by atoms with Gasteiger partial charge in [0.2, 0.25) is 0 Å². The van der Waals surface area contributed by atoms with Crippen molar-refractivity contribution in [2.24, 2.45) is 0 Å². The fourth-order valence-corrected chi connectivity index (χ4v) is 3.33. The molecule has 2 heteroatoms. The highest BCUT2D eigenvalue weighted by atomic mass is 15.2. The molecule has 0 amide bonds. The molecule has 114 valence electrons. The lowest BCUT2D eigenvalue weighted by Gasteiger charge is -2.39. The van der Waals surface area contributed by atoms with E-state index >= 15 is 0 Å². The molecule has 0 atom stereocenters. The molecule has 0 aliphatic carbocycles. The van der Waals surface area contributed by atoms with Crippen LogP contribution < -0.4 is 0 Å². The second-order valence-corrected chi connectivity index (χ2v) is 6.20. The average molecular weight is 300 g/mol. The molecule has 2 heterocycles. The Morgan fingerprint density at radius 1 is 0.870 bits per heavy atom. The van der Waals surface area contributed by atoms with Crippen molar-refractivity contribution in [1.29, 1.82) is 0 Å². The third-order valence-electron chi connectivity index (χ3n) is 4.61. The van der Waals surface area contributed by atoms with Gasteiger partial charge < -0.3 is 0 Å². The van der Waals surface area contributed by atoms with Crippen LogP contribution in [0.5, 0.6) is 0 Å². The Morgan fingerprint density at radius 3 is 2.43 bits per heavy atom.